The summed E-state index contributed by atoms with van der Waals surface area (Å²) in [6.07, 6.45) is 1.06. The number of sulfonamides is 1. The third kappa shape index (κ3) is 6.41. The van der Waals surface area contributed by atoms with Crippen LogP contribution in [0.5, 0.6) is 0 Å². The third-order valence-electron chi connectivity index (χ3n) is 4.83. The van der Waals surface area contributed by atoms with E-state index in [1.165, 1.54) is 0 Å². The van der Waals surface area contributed by atoms with Crippen molar-refractivity contribution in [3.63, 3.8) is 0 Å². The van der Waals surface area contributed by atoms with Crippen molar-refractivity contribution in [2.75, 3.05) is 11.6 Å². The van der Waals surface area contributed by atoms with Crippen LogP contribution < -0.4 is 15.8 Å². The molecule has 33 heavy (non-hydrogen) atoms. The van der Waals surface area contributed by atoms with Gasteiger partial charge in [0.1, 0.15) is 6.04 Å². The molecule has 0 spiro atoms. The number of rotatable bonds is 8. The highest BCUT2D eigenvalue weighted by Gasteiger charge is 2.22. The summed E-state index contributed by atoms with van der Waals surface area (Å²) < 4.78 is 25.2. The van der Waals surface area contributed by atoms with E-state index in [4.69, 9.17) is 11.0 Å². The van der Waals surface area contributed by atoms with Gasteiger partial charge in [0.2, 0.25) is 15.9 Å². The Morgan fingerprint density at radius 3 is 2.36 bits per heavy atom. The molecule has 0 bridgehead atoms. The minimum Gasteiger partial charge on any atom is -0.373 e. The largest absolute Gasteiger partial charge is 0.373 e. The van der Waals surface area contributed by atoms with Gasteiger partial charge in [-0.3, -0.25) is 14.3 Å². The molecule has 0 fully saturated rings. The lowest BCUT2D eigenvalue weighted by atomic mass is 9.99. The second kappa shape index (κ2) is 9.97. The number of anilines is 1. The zero-order valence-corrected chi connectivity index (χ0v) is 18.6. The molecule has 3 rings (SSSR count). The summed E-state index contributed by atoms with van der Waals surface area (Å²) in [6, 6.07) is 21.8. The van der Waals surface area contributed by atoms with Gasteiger partial charge in [-0.2, -0.15) is 5.26 Å². The second-order valence-electron chi connectivity index (χ2n) is 7.44. The van der Waals surface area contributed by atoms with Crippen molar-refractivity contribution in [1.82, 2.24) is 4.72 Å². The van der Waals surface area contributed by atoms with Gasteiger partial charge < -0.3 is 11.1 Å². The molecule has 0 heterocycles. The van der Waals surface area contributed by atoms with Crippen molar-refractivity contribution in [1.29, 1.82) is 5.26 Å². The Kier molecular flexibility index (Phi) is 7.10. The molecule has 4 N–H and O–H groups in total. The number of primary amides is 1. The molecule has 0 saturated carbocycles. The lowest BCUT2D eigenvalue weighted by Gasteiger charge is -2.19. The van der Waals surface area contributed by atoms with E-state index < -0.39 is 27.9 Å². The number of nitriles is 1. The lowest BCUT2D eigenvalue weighted by molar-refractivity contribution is -0.120. The zero-order valence-electron chi connectivity index (χ0n) is 17.8. The number of benzene rings is 3. The first-order valence-corrected chi connectivity index (χ1v) is 11.8. The monoisotopic (exact) mass is 462 g/mol. The number of hydrogen-bond acceptors (Lipinski definition) is 6. The smallest absolute Gasteiger partial charge is 0.256 e. The van der Waals surface area contributed by atoms with Crippen LogP contribution in [-0.2, 0) is 21.2 Å². The molecule has 0 aliphatic rings. The van der Waals surface area contributed by atoms with Gasteiger partial charge in [0, 0.05) is 17.7 Å². The number of nitrogens with zero attached hydrogens (tertiary/aromatic N) is 1. The fourth-order valence-electron chi connectivity index (χ4n) is 3.36. The predicted octanol–water partition coefficient (Wildman–Crippen LogP) is 2.42. The SMILES string of the molecule is CS(=O)(=O)NC(=O)[C@H](Cc1cccc(C#N)c1)Nc1ccc(-c2ccccc2C(N)=O)cc1. The Balaban J connectivity index is 1.87. The van der Waals surface area contributed by atoms with E-state index in [2.05, 4.69) is 5.32 Å². The molecule has 1 atom stereocenters. The van der Waals surface area contributed by atoms with Gasteiger partial charge in [-0.1, -0.05) is 42.5 Å². The van der Waals surface area contributed by atoms with Gasteiger partial charge in [-0.15, -0.1) is 0 Å². The first-order chi connectivity index (χ1) is 15.7. The number of nitrogens with one attached hydrogen (secondary N) is 2. The average Bonchev–Trinajstić information content (AvgIpc) is 2.78. The van der Waals surface area contributed by atoms with Gasteiger partial charge >= 0.3 is 0 Å². The van der Waals surface area contributed by atoms with Crippen LogP contribution in [0.2, 0.25) is 0 Å². The maximum absolute atomic E-state index is 12.7. The highest BCUT2D eigenvalue weighted by Crippen LogP contribution is 2.25. The number of nitrogens with two attached hydrogens (primary N) is 1. The molecule has 0 aliphatic heterocycles. The van der Waals surface area contributed by atoms with Crippen LogP contribution in [-0.4, -0.2) is 32.5 Å². The maximum Gasteiger partial charge on any atom is 0.256 e. The van der Waals surface area contributed by atoms with Gasteiger partial charge in [0.05, 0.1) is 17.9 Å². The van der Waals surface area contributed by atoms with Crippen LogP contribution in [0.1, 0.15) is 21.5 Å². The first-order valence-electron chi connectivity index (χ1n) is 9.93. The standard InChI is InChI=1S/C24H22N4O4S/c1-33(31,32)28-24(30)22(14-16-5-4-6-17(13-16)15-25)27-19-11-9-18(10-12-19)20-7-2-3-8-21(20)23(26)29/h2-13,22,27H,14H2,1H3,(H2,26,29)(H,28,30)/t22-/m0/s1. The second-order valence-corrected chi connectivity index (χ2v) is 9.19. The Bertz CT molecular complexity index is 1330. The van der Waals surface area contributed by atoms with Crippen molar-refractivity contribution >= 4 is 27.5 Å². The summed E-state index contributed by atoms with van der Waals surface area (Å²) in [7, 11) is -3.76. The number of amides is 2. The van der Waals surface area contributed by atoms with Crippen molar-refractivity contribution in [2.45, 2.75) is 12.5 Å². The molecular formula is C24H22N4O4S. The van der Waals surface area contributed by atoms with E-state index in [1.54, 1.807) is 72.8 Å². The summed E-state index contributed by atoms with van der Waals surface area (Å²) in [5.41, 5.74) is 8.99. The Hall–Kier alpha value is -4.16. The lowest BCUT2D eigenvalue weighted by Crippen LogP contribution is -2.43. The fraction of sp³-hybridized carbons (Fsp3) is 0.125. The molecule has 0 radical (unpaired) electrons. The summed E-state index contributed by atoms with van der Waals surface area (Å²) in [4.78, 5) is 24.4. The maximum atomic E-state index is 12.7. The van der Waals surface area contributed by atoms with E-state index in [0.29, 0.717) is 27.9 Å². The topological polar surface area (TPSA) is 142 Å². The number of carbonyl (C=O) groups is 2. The Morgan fingerprint density at radius 2 is 1.73 bits per heavy atom. The van der Waals surface area contributed by atoms with Crippen molar-refractivity contribution in [3.05, 3.63) is 89.5 Å². The first kappa shape index (κ1) is 23.5. The van der Waals surface area contributed by atoms with Crippen molar-refractivity contribution in [2.24, 2.45) is 5.73 Å². The van der Waals surface area contributed by atoms with Crippen molar-refractivity contribution in [3.8, 4) is 17.2 Å². The van der Waals surface area contributed by atoms with E-state index in [1.807, 2.05) is 10.8 Å². The van der Waals surface area contributed by atoms with Gasteiger partial charge in [-0.05, 0) is 47.0 Å². The Morgan fingerprint density at radius 1 is 1.03 bits per heavy atom. The summed E-state index contributed by atoms with van der Waals surface area (Å²) in [5, 5.41) is 12.2. The van der Waals surface area contributed by atoms with Crippen LogP contribution in [0.15, 0.2) is 72.8 Å². The molecule has 9 heteroatoms. The van der Waals surface area contributed by atoms with Crippen LogP contribution in [0.4, 0.5) is 5.69 Å². The molecule has 3 aromatic carbocycles. The minimum atomic E-state index is -3.76. The summed E-state index contributed by atoms with van der Waals surface area (Å²) in [6.45, 7) is 0. The van der Waals surface area contributed by atoms with Crippen LogP contribution in [0, 0.1) is 11.3 Å². The molecule has 2 amide bonds. The molecule has 0 unspecified atom stereocenters. The normalized spacial score (nSPS) is 11.8. The molecule has 168 valence electrons. The van der Waals surface area contributed by atoms with Crippen molar-refractivity contribution < 1.29 is 18.0 Å². The van der Waals surface area contributed by atoms with Gasteiger partial charge in [0.15, 0.2) is 0 Å². The Labute approximate surface area is 192 Å². The van der Waals surface area contributed by atoms with E-state index >= 15 is 0 Å². The average molecular weight is 463 g/mol. The van der Waals surface area contributed by atoms with E-state index in [-0.39, 0.29) is 6.42 Å². The van der Waals surface area contributed by atoms with Gasteiger partial charge in [0.25, 0.3) is 5.91 Å². The zero-order chi connectivity index (χ0) is 24.0. The number of hydrogen-bond donors (Lipinski definition) is 3. The minimum absolute atomic E-state index is 0.156. The molecule has 8 nitrogen and oxygen atoms in total. The quantitative estimate of drug-likeness (QED) is 0.469. The molecule has 0 aromatic heterocycles. The van der Waals surface area contributed by atoms with Crippen LogP contribution in [0.25, 0.3) is 11.1 Å². The van der Waals surface area contributed by atoms with Gasteiger partial charge in [-0.25, -0.2) is 8.42 Å². The summed E-state index contributed by atoms with van der Waals surface area (Å²) >= 11 is 0. The molecule has 0 saturated heterocycles. The van der Waals surface area contributed by atoms with E-state index in [9.17, 15) is 18.0 Å². The van der Waals surface area contributed by atoms with Crippen LogP contribution >= 0.6 is 0 Å². The fourth-order valence-corrected chi connectivity index (χ4v) is 3.87. The van der Waals surface area contributed by atoms with E-state index in [0.717, 1.165) is 11.8 Å². The molecule has 3 aromatic rings. The number of carbonyl (C=O) groups excluding carboxylic acids is 2. The highest BCUT2D eigenvalue weighted by atomic mass is 32.2. The third-order valence-corrected chi connectivity index (χ3v) is 5.40. The molecule has 0 aliphatic carbocycles. The van der Waals surface area contributed by atoms with Crippen LogP contribution in [0.3, 0.4) is 0 Å². The highest BCUT2D eigenvalue weighted by molar-refractivity contribution is 7.89. The molecular weight excluding hydrogens is 440 g/mol. The summed E-state index contributed by atoms with van der Waals surface area (Å²) in [5.74, 6) is -1.26. The predicted molar refractivity (Wildman–Crippen MR) is 126 cm³/mol.